The standard InChI is InChI=1S/C13H13F2NO2/c1-3-5-12(17)16-10-6-4-7-11(8-10)18-9-13(2,14)15/h4,6-8H,9H2,1-2H3,(H,16,17). The Hall–Kier alpha value is -2.09. The molecule has 1 rings (SSSR count). The lowest BCUT2D eigenvalue weighted by molar-refractivity contribution is -0.111. The van der Waals surface area contributed by atoms with E-state index in [9.17, 15) is 13.6 Å². The summed E-state index contributed by atoms with van der Waals surface area (Å²) >= 11 is 0. The Morgan fingerprint density at radius 2 is 2.22 bits per heavy atom. The number of carbonyl (C=O) groups excluding carboxylic acids is 1. The van der Waals surface area contributed by atoms with Crippen molar-refractivity contribution in [2.75, 3.05) is 11.9 Å². The molecule has 0 radical (unpaired) electrons. The van der Waals surface area contributed by atoms with Crippen molar-refractivity contribution >= 4 is 11.6 Å². The molecule has 0 aliphatic rings. The summed E-state index contributed by atoms with van der Waals surface area (Å²) in [6.07, 6.45) is 0. The quantitative estimate of drug-likeness (QED) is 0.838. The van der Waals surface area contributed by atoms with E-state index in [1.165, 1.54) is 12.1 Å². The predicted octanol–water partition coefficient (Wildman–Crippen LogP) is 2.68. The van der Waals surface area contributed by atoms with Gasteiger partial charge in [-0.3, -0.25) is 4.79 Å². The maximum atomic E-state index is 12.6. The fourth-order valence-corrected chi connectivity index (χ4v) is 1.15. The second-order valence-corrected chi connectivity index (χ2v) is 3.72. The molecule has 0 saturated heterocycles. The lowest BCUT2D eigenvalue weighted by Crippen LogP contribution is -2.20. The number of halogens is 2. The van der Waals surface area contributed by atoms with Crippen molar-refractivity contribution in [1.29, 1.82) is 0 Å². The molecule has 0 atom stereocenters. The van der Waals surface area contributed by atoms with E-state index in [0.29, 0.717) is 5.69 Å². The van der Waals surface area contributed by atoms with Gasteiger partial charge in [0.2, 0.25) is 0 Å². The van der Waals surface area contributed by atoms with Crippen LogP contribution in [-0.4, -0.2) is 18.4 Å². The summed E-state index contributed by atoms with van der Waals surface area (Å²) in [5, 5.41) is 2.50. The minimum atomic E-state index is -2.90. The molecule has 0 aliphatic carbocycles. The summed E-state index contributed by atoms with van der Waals surface area (Å²) in [7, 11) is 0. The van der Waals surface area contributed by atoms with Crippen LogP contribution in [0.5, 0.6) is 5.75 Å². The minimum absolute atomic E-state index is 0.263. The normalized spacial score (nSPS) is 10.2. The molecule has 0 fully saturated rings. The first-order valence-electron chi connectivity index (χ1n) is 5.25. The first kappa shape index (κ1) is 14.0. The Balaban J connectivity index is 2.67. The van der Waals surface area contributed by atoms with Gasteiger partial charge in [0.05, 0.1) is 0 Å². The fraction of sp³-hybridized carbons (Fsp3) is 0.308. The molecular formula is C13H13F2NO2. The second kappa shape index (κ2) is 6.01. The molecule has 0 saturated carbocycles. The summed E-state index contributed by atoms with van der Waals surface area (Å²) in [6.45, 7) is 1.61. The zero-order valence-electron chi connectivity index (χ0n) is 10.1. The number of benzene rings is 1. The fourth-order valence-electron chi connectivity index (χ4n) is 1.15. The summed E-state index contributed by atoms with van der Waals surface area (Å²) in [4.78, 5) is 11.2. The van der Waals surface area contributed by atoms with Crippen molar-refractivity contribution in [2.24, 2.45) is 0 Å². The van der Waals surface area contributed by atoms with Crippen LogP contribution in [0.15, 0.2) is 24.3 Å². The number of ether oxygens (including phenoxy) is 1. The van der Waals surface area contributed by atoms with E-state index in [2.05, 4.69) is 17.2 Å². The third-order valence-electron chi connectivity index (χ3n) is 1.82. The SMILES string of the molecule is CC#CC(=O)Nc1cccc(OCC(C)(F)F)c1. The number of carbonyl (C=O) groups is 1. The molecule has 18 heavy (non-hydrogen) atoms. The molecule has 3 nitrogen and oxygen atoms in total. The molecule has 0 unspecified atom stereocenters. The smallest absolute Gasteiger partial charge is 0.300 e. The minimum Gasteiger partial charge on any atom is -0.487 e. The number of rotatable bonds is 4. The van der Waals surface area contributed by atoms with Crippen molar-refractivity contribution in [3.05, 3.63) is 24.3 Å². The highest BCUT2D eigenvalue weighted by Crippen LogP contribution is 2.20. The maximum Gasteiger partial charge on any atom is 0.300 e. The van der Waals surface area contributed by atoms with Gasteiger partial charge in [0, 0.05) is 18.7 Å². The van der Waals surface area contributed by atoms with E-state index in [0.717, 1.165) is 6.92 Å². The summed E-state index contributed by atoms with van der Waals surface area (Å²) in [6, 6.07) is 6.21. The van der Waals surface area contributed by atoms with Crippen LogP contribution in [0.25, 0.3) is 0 Å². The molecule has 5 heteroatoms. The monoisotopic (exact) mass is 253 g/mol. The summed E-state index contributed by atoms with van der Waals surface area (Å²) < 4.78 is 30.1. The van der Waals surface area contributed by atoms with Gasteiger partial charge in [-0.2, -0.15) is 0 Å². The number of nitrogens with one attached hydrogen (secondary N) is 1. The summed E-state index contributed by atoms with van der Waals surface area (Å²) in [5.41, 5.74) is 0.444. The lowest BCUT2D eigenvalue weighted by Gasteiger charge is -2.12. The number of hydrogen-bond donors (Lipinski definition) is 1. The van der Waals surface area contributed by atoms with E-state index >= 15 is 0 Å². The molecule has 0 heterocycles. The average Bonchev–Trinajstić information content (AvgIpc) is 2.26. The first-order chi connectivity index (χ1) is 8.40. The van der Waals surface area contributed by atoms with Crippen LogP contribution in [-0.2, 0) is 4.79 Å². The van der Waals surface area contributed by atoms with E-state index in [-0.39, 0.29) is 5.75 Å². The van der Waals surface area contributed by atoms with Crippen molar-refractivity contribution in [2.45, 2.75) is 19.8 Å². The van der Waals surface area contributed by atoms with Crippen molar-refractivity contribution in [3.63, 3.8) is 0 Å². The maximum absolute atomic E-state index is 12.6. The van der Waals surface area contributed by atoms with Crippen LogP contribution in [0.4, 0.5) is 14.5 Å². The van der Waals surface area contributed by atoms with Gasteiger partial charge in [0.15, 0.2) is 6.61 Å². The zero-order valence-corrected chi connectivity index (χ0v) is 10.1. The average molecular weight is 253 g/mol. The molecule has 1 amide bonds. The van der Waals surface area contributed by atoms with Gasteiger partial charge in [0.1, 0.15) is 5.75 Å². The van der Waals surface area contributed by atoms with Crippen LogP contribution >= 0.6 is 0 Å². The first-order valence-corrected chi connectivity index (χ1v) is 5.25. The van der Waals surface area contributed by atoms with Crippen molar-refractivity contribution in [1.82, 2.24) is 0 Å². The number of anilines is 1. The topological polar surface area (TPSA) is 38.3 Å². The molecule has 0 spiro atoms. The van der Waals surface area contributed by atoms with E-state index in [4.69, 9.17) is 4.74 Å². The molecule has 1 N–H and O–H groups in total. The Morgan fingerprint density at radius 1 is 1.50 bits per heavy atom. The van der Waals surface area contributed by atoms with E-state index in [1.54, 1.807) is 19.1 Å². The number of alkyl halides is 2. The molecule has 0 aliphatic heterocycles. The van der Waals surface area contributed by atoms with E-state index in [1.807, 2.05) is 0 Å². The molecular weight excluding hydrogens is 240 g/mol. The van der Waals surface area contributed by atoms with Gasteiger partial charge < -0.3 is 10.1 Å². The van der Waals surface area contributed by atoms with Gasteiger partial charge >= 0.3 is 0 Å². The Labute approximate surface area is 104 Å². The summed E-state index contributed by atoms with van der Waals surface area (Å²) in [5.74, 6) is 1.67. The van der Waals surface area contributed by atoms with E-state index < -0.39 is 18.4 Å². The predicted molar refractivity (Wildman–Crippen MR) is 64.6 cm³/mol. The largest absolute Gasteiger partial charge is 0.487 e. The van der Waals surface area contributed by atoms with Gasteiger partial charge in [0.25, 0.3) is 11.8 Å². The third-order valence-corrected chi connectivity index (χ3v) is 1.82. The van der Waals surface area contributed by atoms with Gasteiger partial charge in [-0.25, -0.2) is 8.78 Å². The highest BCUT2D eigenvalue weighted by molar-refractivity contribution is 6.03. The second-order valence-electron chi connectivity index (χ2n) is 3.72. The van der Waals surface area contributed by atoms with Crippen molar-refractivity contribution in [3.8, 4) is 17.6 Å². The third kappa shape index (κ3) is 5.30. The lowest BCUT2D eigenvalue weighted by atomic mass is 10.3. The van der Waals surface area contributed by atoms with Gasteiger partial charge in [-0.05, 0) is 25.0 Å². The highest BCUT2D eigenvalue weighted by Gasteiger charge is 2.21. The Bertz CT molecular complexity index is 484. The van der Waals surface area contributed by atoms with Gasteiger partial charge in [-0.1, -0.05) is 12.0 Å². The van der Waals surface area contributed by atoms with Crippen LogP contribution in [0.3, 0.4) is 0 Å². The molecule has 1 aromatic rings. The van der Waals surface area contributed by atoms with Crippen LogP contribution in [0.1, 0.15) is 13.8 Å². The van der Waals surface area contributed by atoms with Crippen LogP contribution < -0.4 is 10.1 Å². The number of amides is 1. The zero-order chi connectivity index (χ0) is 13.6. The van der Waals surface area contributed by atoms with Crippen molar-refractivity contribution < 1.29 is 18.3 Å². The highest BCUT2D eigenvalue weighted by atomic mass is 19.3. The Kier molecular flexibility index (Phi) is 4.67. The number of hydrogen-bond acceptors (Lipinski definition) is 2. The molecule has 0 aromatic heterocycles. The molecule has 1 aromatic carbocycles. The molecule has 0 bridgehead atoms. The molecule has 96 valence electrons. The van der Waals surface area contributed by atoms with Gasteiger partial charge in [-0.15, -0.1) is 0 Å². The van der Waals surface area contributed by atoms with Crippen LogP contribution in [0, 0.1) is 11.8 Å². The van der Waals surface area contributed by atoms with Crippen LogP contribution in [0.2, 0.25) is 0 Å². The Morgan fingerprint density at radius 3 is 2.83 bits per heavy atom.